The number of methoxy groups -OCH3 is 1. The standard InChI is InChI=1S/C15H31NO3/c1-4-16(14-8-6-5-7-9-14)10-15(17)12-19-13(2)11-18-3/h13-15,17H,4-12H2,1-3H3. The van der Waals surface area contributed by atoms with Crippen LogP contribution in [0.3, 0.4) is 0 Å². The summed E-state index contributed by atoms with van der Waals surface area (Å²) >= 11 is 0. The van der Waals surface area contributed by atoms with E-state index in [4.69, 9.17) is 9.47 Å². The van der Waals surface area contributed by atoms with Crippen LogP contribution in [0.4, 0.5) is 0 Å². The number of hydrogen-bond donors (Lipinski definition) is 1. The van der Waals surface area contributed by atoms with Crippen LogP contribution < -0.4 is 0 Å². The molecule has 0 saturated heterocycles. The van der Waals surface area contributed by atoms with Crippen LogP contribution in [-0.2, 0) is 9.47 Å². The lowest BCUT2D eigenvalue weighted by Gasteiger charge is -2.34. The molecule has 0 aromatic rings. The number of hydrogen-bond acceptors (Lipinski definition) is 4. The summed E-state index contributed by atoms with van der Waals surface area (Å²) in [7, 11) is 1.66. The minimum Gasteiger partial charge on any atom is -0.389 e. The third-order valence-electron chi connectivity index (χ3n) is 3.92. The third kappa shape index (κ3) is 6.70. The van der Waals surface area contributed by atoms with Gasteiger partial charge in [0.15, 0.2) is 0 Å². The highest BCUT2D eigenvalue weighted by molar-refractivity contribution is 4.77. The molecule has 0 spiro atoms. The lowest BCUT2D eigenvalue weighted by molar-refractivity contribution is -0.0436. The molecule has 1 fully saturated rings. The maximum absolute atomic E-state index is 10.1. The summed E-state index contributed by atoms with van der Waals surface area (Å²) in [5.41, 5.74) is 0. The van der Waals surface area contributed by atoms with Crippen LogP contribution in [0.2, 0.25) is 0 Å². The van der Waals surface area contributed by atoms with Gasteiger partial charge in [-0.15, -0.1) is 0 Å². The zero-order valence-corrected chi connectivity index (χ0v) is 12.8. The quantitative estimate of drug-likeness (QED) is 0.698. The highest BCUT2D eigenvalue weighted by atomic mass is 16.5. The van der Waals surface area contributed by atoms with Crippen LogP contribution in [0.1, 0.15) is 46.0 Å². The SMILES string of the molecule is CCN(CC(O)COC(C)COC)C1CCCCC1. The van der Waals surface area contributed by atoms with Gasteiger partial charge < -0.3 is 14.6 Å². The average Bonchev–Trinajstić information content (AvgIpc) is 2.44. The fourth-order valence-corrected chi connectivity index (χ4v) is 2.86. The van der Waals surface area contributed by atoms with Crippen molar-refractivity contribution in [2.24, 2.45) is 0 Å². The van der Waals surface area contributed by atoms with Gasteiger partial charge >= 0.3 is 0 Å². The number of aliphatic hydroxyl groups is 1. The van der Waals surface area contributed by atoms with Crippen LogP contribution in [0.25, 0.3) is 0 Å². The maximum Gasteiger partial charge on any atom is 0.0900 e. The Morgan fingerprint density at radius 1 is 1.21 bits per heavy atom. The van der Waals surface area contributed by atoms with Gasteiger partial charge in [0.1, 0.15) is 0 Å². The molecule has 0 radical (unpaired) electrons. The Bertz CT molecular complexity index is 219. The van der Waals surface area contributed by atoms with Crippen molar-refractivity contribution in [3.8, 4) is 0 Å². The molecule has 0 aliphatic heterocycles. The topological polar surface area (TPSA) is 41.9 Å². The minimum atomic E-state index is -0.402. The van der Waals surface area contributed by atoms with E-state index in [1.165, 1.54) is 32.1 Å². The maximum atomic E-state index is 10.1. The van der Waals surface area contributed by atoms with Crippen LogP contribution in [-0.4, -0.2) is 61.7 Å². The normalized spacial score (nSPS) is 20.7. The van der Waals surface area contributed by atoms with Gasteiger partial charge in [-0.25, -0.2) is 0 Å². The summed E-state index contributed by atoms with van der Waals surface area (Å²) in [6, 6.07) is 0.657. The van der Waals surface area contributed by atoms with Gasteiger partial charge in [0.05, 0.1) is 25.4 Å². The molecule has 0 bridgehead atoms. The highest BCUT2D eigenvalue weighted by Gasteiger charge is 2.22. The minimum absolute atomic E-state index is 0.0457. The zero-order chi connectivity index (χ0) is 14.1. The van der Waals surface area contributed by atoms with Crippen molar-refractivity contribution in [1.82, 2.24) is 4.90 Å². The van der Waals surface area contributed by atoms with Gasteiger partial charge in [0.25, 0.3) is 0 Å². The molecule has 1 rings (SSSR count). The van der Waals surface area contributed by atoms with E-state index >= 15 is 0 Å². The summed E-state index contributed by atoms with van der Waals surface area (Å²) in [5.74, 6) is 0. The summed E-state index contributed by atoms with van der Waals surface area (Å²) in [6.45, 7) is 6.85. The predicted octanol–water partition coefficient (Wildman–Crippen LogP) is 2.05. The number of nitrogens with zero attached hydrogens (tertiary/aromatic N) is 1. The predicted molar refractivity (Wildman–Crippen MR) is 77.4 cm³/mol. The molecule has 4 nitrogen and oxygen atoms in total. The number of ether oxygens (including phenoxy) is 2. The van der Waals surface area contributed by atoms with Crippen LogP contribution in [0.15, 0.2) is 0 Å². The van der Waals surface area contributed by atoms with Gasteiger partial charge in [-0.3, -0.25) is 4.90 Å². The fourth-order valence-electron chi connectivity index (χ4n) is 2.86. The Balaban J connectivity index is 2.25. The van der Waals surface area contributed by atoms with Gasteiger partial charge in [-0.1, -0.05) is 26.2 Å². The number of rotatable bonds is 9. The van der Waals surface area contributed by atoms with E-state index in [0.717, 1.165) is 13.1 Å². The second kappa shape index (κ2) is 9.70. The Labute approximate surface area is 118 Å². The molecule has 2 unspecified atom stereocenters. The Morgan fingerprint density at radius 3 is 2.47 bits per heavy atom. The molecule has 1 saturated carbocycles. The van der Waals surface area contributed by atoms with Gasteiger partial charge in [-0.2, -0.15) is 0 Å². The van der Waals surface area contributed by atoms with Crippen molar-refractivity contribution >= 4 is 0 Å². The fraction of sp³-hybridized carbons (Fsp3) is 1.00. The Morgan fingerprint density at radius 2 is 1.89 bits per heavy atom. The molecule has 1 N–H and O–H groups in total. The van der Waals surface area contributed by atoms with Gasteiger partial charge in [0, 0.05) is 19.7 Å². The van der Waals surface area contributed by atoms with E-state index in [9.17, 15) is 5.11 Å². The van der Waals surface area contributed by atoms with E-state index in [1.54, 1.807) is 7.11 Å². The molecule has 1 aliphatic rings. The molecule has 0 heterocycles. The zero-order valence-electron chi connectivity index (χ0n) is 12.8. The van der Waals surface area contributed by atoms with Crippen LogP contribution in [0.5, 0.6) is 0 Å². The summed E-state index contributed by atoms with van der Waals surface area (Å²) in [6.07, 6.45) is 6.24. The third-order valence-corrected chi connectivity index (χ3v) is 3.92. The first-order chi connectivity index (χ1) is 9.17. The van der Waals surface area contributed by atoms with Crippen molar-refractivity contribution in [2.75, 3.05) is 33.4 Å². The van der Waals surface area contributed by atoms with E-state index in [-0.39, 0.29) is 6.10 Å². The van der Waals surface area contributed by atoms with Gasteiger partial charge in [-0.05, 0) is 26.3 Å². The molecule has 4 heteroatoms. The van der Waals surface area contributed by atoms with E-state index in [1.807, 2.05) is 6.92 Å². The van der Waals surface area contributed by atoms with Crippen molar-refractivity contribution in [1.29, 1.82) is 0 Å². The molecule has 1 aliphatic carbocycles. The first-order valence-electron chi connectivity index (χ1n) is 7.70. The number of likely N-dealkylation sites (N-methyl/N-ethyl adjacent to an activating group) is 1. The van der Waals surface area contributed by atoms with E-state index in [2.05, 4.69) is 11.8 Å². The molecular weight excluding hydrogens is 242 g/mol. The molecule has 114 valence electrons. The second-order valence-corrected chi connectivity index (χ2v) is 5.63. The Hall–Kier alpha value is -0.160. The highest BCUT2D eigenvalue weighted by Crippen LogP contribution is 2.22. The lowest BCUT2D eigenvalue weighted by atomic mass is 9.94. The Kier molecular flexibility index (Phi) is 8.62. The van der Waals surface area contributed by atoms with Crippen LogP contribution in [0, 0.1) is 0 Å². The first kappa shape index (κ1) is 16.9. The summed E-state index contributed by atoms with van der Waals surface area (Å²) in [5, 5.41) is 10.1. The van der Waals surface area contributed by atoms with Gasteiger partial charge in [0.2, 0.25) is 0 Å². The second-order valence-electron chi connectivity index (χ2n) is 5.63. The average molecular weight is 273 g/mol. The first-order valence-corrected chi connectivity index (χ1v) is 7.70. The molecular formula is C15H31NO3. The van der Waals surface area contributed by atoms with Crippen molar-refractivity contribution < 1.29 is 14.6 Å². The summed E-state index contributed by atoms with van der Waals surface area (Å²) < 4.78 is 10.6. The van der Waals surface area contributed by atoms with Crippen LogP contribution >= 0.6 is 0 Å². The molecule has 19 heavy (non-hydrogen) atoms. The van der Waals surface area contributed by atoms with Crippen molar-refractivity contribution in [2.45, 2.75) is 64.2 Å². The lowest BCUT2D eigenvalue weighted by Crippen LogP contribution is -2.43. The van der Waals surface area contributed by atoms with E-state index in [0.29, 0.717) is 19.3 Å². The largest absolute Gasteiger partial charge is 0.389 e. The smallest absolute Gasteiger partial charge is 0.0900 e. The molecule has 0 aromatic carbocycles. The number of aliphatic hydroxyl groups excluding tert-OH is 1. The molecule has 0 amide bonds. The summed E-state index contributed by atoms with van der Waals surface area (Å²) in [4.78, 5) is 2.41. The van der Waals surface area contributed by atoms with E-state index < -0.39 is 6.10 Å². The van der Waals surface area contributed by atoms with Crippen molar-refractivity contribution in [3.63, 3.8) is 0 Å². The monoisotopic (exact) mass is 273 g/mol. The van der Waals surface area contributed by atoms with Crippen molar-refractivity contribution in [3.05, 3.63) is 0 Å². The molecule has 0 aromatic heterocycles. The molecule has 2 atom stereocenters.